The first kappa shape index (κ1) is 25.8. The summed E-state index contributed by atoms with van der Waals surface area (Å²) in [5, 5.41) is 17.9. The molecule has 2 aliphatic rings. The van der Waals surface area contributed by atoms with Crippen molar-refractivity contribution >= 4 is 40.3 Å². The fraction of sp³-hybridized carbons (Fsp3) is 0.333. The molecule has 1 aromatic carbocycles. The molecular weight excluding hydrogens is 538 g/mol. The Kier molecular flexibility index (Phi) is 6.84. The number of carbonyl (C=O) groups excluding carboxylic acids is 1. The molecule has 1 saturated heterocycles. The van der Waals surface area contributed by atoms with Crippen LogP contribution in [0.15, 0.2) is 51.8 Å². The Balaban J connectivity index is 1.10. The summed E-state index contributed by atoms with van der Waals surface area (Å²) in [6.45, 7) is 1.74. The molecule has 0 saturated carbocycles. The maximum atomic E-state index is 13.0. The third kappa shape index (κ3) is 5.09. The molecule has 206 valence electrons. The van der Waals surface area contributed by atoms with Crippen molar-refractivity contribution in [1.82, 2.24) is 34.5 Å². The van der Waals surface area contributed by atoms with Gasteiger partial charge in [0.25, 0.3) is 0 Å². The third-order valence-electron chi connectivity index (χ3n) is 7.44. The molecule has 0 spiro atoms. The number of halogens is 1. The molecule has 4 aromatic rings. The van der Waals surface area contributed by atoms with Crippen LogP contribution in [0.2, 0.25) is 5.02 Å². The van der Waals surface area contributed by atoms with E-state index in [4.69, 9.17) is 16.0 Å². The minimum Gasteiger partial charge on any atom is -0.465 e. The normalized spacial score (nSPS) is 16.4. The summed E-state index contributed by atoms with van der Waals surface area (Å²) < 4.78 is 7.57. The fourth-order valence-corrected chi connectivity index (χ4v) is 5.62. The number of carboxylic acid groups (broad SMARTS) is 1. The second kappa shape index (κ2) is 10.6. The number of amides is 2. The number of imidazole rings is 1. The van der Waals surface area contributed by atoms with E-state index >= 15 is 0 Å². The summed E-state index contributed by atoms with van der Waals surface area (Å²) in [7, 11) is 0. The smallest absolute Gasteiger partial charge is 0.407 e. The zero-order valence-electron chi connectivity index (χ0n) is 21.4. The molecule has 12 nitrogen and oxygen atoms in total. The zero-order chi connectivity index (χ0) is 27.8. The van der Waals surface area contributed by atoms with Crippen molar-refractivity contribution in [3.8, 4) is 11.5 Å². The molecule has 3 aromatic heterocycles. The van der Waals surface area contributed by atoms with Gasteiger partial charge in [-0.2, -0.15) is 0 Å². The van der Waals surface area contributed by atoms with Crippen molar-refractivity contribution < 1.29 is 19.1 Å². The number of piperidine rings is 1. The predicted molar refractivity (Wildman–Crippen MR) is 146 cm³/mol. The van der Waals surface area contributed by atoms with Gasteiger partial charge < -0.3 is 19.3 Å². The van der Waals surface area contributed by atoms with Crippen LogP contribution in [-0.2, 0) is 11.2 Å². The van der Waals surface area contributed by atoms with Gasteiger partial charge in [0.2, 0.25) is 17.7 Å². The summed E-state index contributed by atoms with van der Waals surface area (Å²) in [6, 6.07) is 9.05. The average Bonchev–Trinajstić information content (AvgIpc) is 3.56. The van der Waals surface area contributed by atoms with Crippen molar-refractivity contribution in [3.05, 3.63) is 69.6 Å². The minimum atomic E-state index is -0.943. The molecule has 2 N–H and O–H groups in total. The number of nitrogens with zero attached hydrogens (tertiary/aromatic N) is 6. The Bertz CT molecular complexity index is 1680. The van der Waals surface area contributed by atoms with Gasteiger partial charge >= 0.3 is 11.8 Å². The van der Waals surface area contributed by atoms with E-state index in [1.807, 2.05) is 24.3 Å². The number of aromatic amines is 1. The number of likely N-dealkylation sites (tertiary alicyclic amines) is 1. The number of hydrogen-bond donors (Lipinski definition) is 2. The van der Waals surface area contributed by atoms with E-state index < -0.39 is 6.09 Å². The van der Waals surface area contributed by atoms with Gasteiger partial charge in [0.15, 0.2) is 5.65 Å². The Labute approximate surface area is 232 Å². The van der Waals surface area contributed by atoms with Crippen LogP contribution in [0, 0.1) is 0 Å². The van der Waals surface area contributed by atoms with Gasteiger partial charge in [0.1, 0.15) is 6.42 Å². The standard InChI is InChI=1S/C27H26ClN7O5/c28-19-13-17(16-3-8-34(9-4-16)27(38)39)12-18(14-19)25-32-31-22(40-25)15-23(36)33-10-5-20(6-11-33)35-21-2-1-7-29-24(21)30-26(35)37/h1-3,7,12-14,20H,4-6,8-11,15H2,(H,38,39)(H,29,30,37). The maximum Gasteiger partial charge on any atom is 0.407 e. The minimum absolute atomic E-state index is 0.0204. The molecule has 0 atom stereocenters. The first-order valence-corrected chi connectivity index (χ1v) is 13.4. The molecule has 13 heteroatoms. The summed E-state index contributed by atoms with van der Waals surface area (Å²) >= 11 is 6.37. The number of H-pyrrole nitrogens is 1. The van der Waals surface area contributed by atoms with Crippen LogP contribution in [0.3, 0.4) is 0 Å². The number of carbonyl (C=O) groups is 2. The second-order valence-electron chi connectivity index (χ2n) is 9.90. The van der Waals surface area contributed by atoms with Gasteiger partial charge in [0.05, 0.1) is 5.52 Å². The van der Waals surface area contributed by atoms with Gasteiger partial charge in [0, 0.05) is 49.0 Å². The fourth-order valence-electron chi connectivity index (χ4n) is 5.38. The van der Waals surface area contributed by atoms with Crippen LogP contribution in [0.25, 0.3) is 28.2 Å². The van der Waals surface area contributed by atoms with Crippen molar-refractivity contribution in [1.29, 1.82) is 0 Å². The van der Waals surface area contributed by atoms with Crippen LogP contribution in [0.5, 0.6) is 0 Å². The van der Waals surface area contributed by atoms with Crippen molar-refractivity contribution in [2.24, 2.45) is 0 Å². The van der Waals surface area contributed by atoms with Crippen molar-refractivity contribution in [2.45, 2.75) is 31.7 Å². The summed E-state index contributed by atoms with van der Waals surface area (Å²) in [4.78, 5) is 46.8. The van der Waals surface area contributed by atoms with E-state index in [0.717, 1.165) is 16.7 Å². The van der Waals surface area contributed by atoms with E-state index in [2.05, 4.69) is 20.2 Å². The molecule has 40 heavy (non-hydrogen) atoms. The van der Waals surface area contributed by atoms with Crippen molar-refractivity contribution in [2.75, 3.05) is 26.2 Å². The Morgan fingerprint density at radius 3 is 2.65 bits per heavy atom. The lowest BCUT2D eigenvalue weighted by Gasteiger charge is -2.32. The van der Waals surface area contributed by atoms with Gasteiger partial charge in [-0.3, -0.25) is 14.3 Å². The monoisotopic (exact) mass is 563 g/mol. The summed E-state index contributed by atoms with van der Waals surface area (Å²) in [6.07, 6.45) is 4.41. The number of pyridine rings is 1. The molecule has 2 amide bonds. The summed E-state index contributed by atoms with van der Waals surface area (Å²) in [5.41, 5.74) is 3.60. The van der Waals surface area contributed by atoms with Crippen LogP contribution in [-0.4, -0.2) is 77.8 Å². The largest absolute Gasteiger partial charge is 0.465 e. The van der Waals surface area contributed by atoms with Gasteiger partial charge in [-0.15, -0.1) is 10.2 Å². The highest BCUT2D eigenvalue weighted by atomic mass is 35.5. The van der Waals surface area contributed by atoms with Crippen LogP contribution < -0.4 is 5.69 Å². The van der Waals surface area contributed by atoms with Crippen LogP contribution in [0.4, 0.5) is 4.79 Å². The van der Waals surface area contributed by atoms with E-state index in [-0.39, 0.29) is 35.8 Å². The lowest BCUT2D eigenvalue weighted by Crippen LogP contribution is -2.41. The maximum absolute atomic E-state index is 13.0. The Morgan fingerprint density at radius 2 is 1.90 bits per heavy atom. The van der Waals surface area contributed by atoms with E-state index in [9.17, 15) is 19.5 Å². The second-order valence-corrected chi connectivity index (χ2v) is 10.3. The Hall–Kier alpha value is -4.45. The van der Waals surface area contributed by atoms with Gasteiger partial charge in [-0.25, -0.2) is 14.6 Å². The highest BCUT2D eigenvalue weighted by Gasteiger charge is 2.27. The lowest BCUT2D eigenvalue weighted by molar-refractivity contribution is -0.132. The molecule has 1 fully saturated rings. The predicted octanol–water partition coefficient (Wildman–Crippen LogP) is 3.60. The average molecular weight is 564 g/mol. The topological polar surface area (TPSA) is 150 Å². The molecule has 0 unspecified atom stereocenters. The first-order valence-electron chi connectivity index (χ1n) is 13.0. The number of benzene rings is 1. The van der Waals surface area contributed by atoms with Crippen LogP contribution >= 0.6 is 11.6 Å². The molecule has 0 aliphatic carbocycles. The van der Waals surface area contributed by atoms with E-state index in [1.54, 1.807) is 27.8 Å². The number of aromatic nitrogens is 5. The number of nitrogens with one attached hydrogen (secondary N) is 1. The number of rotatable bonds is 5. The van der Waals surface area contributed by atoms with Gasteiger partial charge in [-0.05, 0) is 60.7 Å². The number of hydrogen-bond acceptors (Lipinski definition) is 7. The zero-order valence-corrected chi connectivity index (χ0v) is 22.2. The first-order chi connectivity index (χ1) is 19.4. The molecule has 0 bridgehead atoms. The van der Waals surface area contributed by atoms with Crippen molar-refractivity contribution in [3.63, 3.8) is 0 Å². The molecule has 2 aliphatic heterocycles. The quantitative estimate of drug-likeness (QED) is 0.374. The molecule has 0 radical (unpaired) electrons. The number of fused-ring (bicyclic) bond motifs is 1. The highest BCUT2D eigenvalue weighted by Crippen LogP contribution is 2.31. The van der Waals surface area contributed by atoms with E-state index in [0.29, 0.717) is 61.7 Å². The lowest BCUT2D eigenvalue weighted by atomic mass is 9.98. The molecular formula is C27H26ClN7O5. The Morgan fingerprint density at radius 1 is 1.10 bits per heavy atom. The van der Waals surface area contributed by atoms with Crippen LogP contribution in [0.1, 0.15) is 36.8 Å². The highest BCUT2D eigenvalue weighted by molar-refractivity contribution is 6.31. The summed E-state index contributed by atoms with van der Waals surface area (Å²) in [5.74, 6) is 0.335. The molecule has 6 rings (SSSR count). The third-order valence-corrected chi connectivity index (χ3v) is 7.66. The van der Waals surface area contributed by atoms with Gasteiger partial charge in [-0.1, -0.05) is 17.7 Å². The SMILES string of the molecule is O=C(O)N1CC=C(c2cc(Cl)cc(-c3nnc(CC(=O)N4CCC(n5c(=O)[nH]c6ncccc65)CC4)o3)c2)CC1. The molecule has 5 heterocycles. The van der Waals surface area contributed by atoms with E-state index in [1.165, 1.54) is 4.90 Å².